The molecule has 0 spiro atoms. The second-order valence-electron chi connectivity index (χ2n) is 7.49. The number of hydrogen-bond acceptors (Lipinski definition) is 3. The number of nitrogens with one attached hydrogen (secondary N) is 2. The summed E-state index contributed by atoms with van der Waals surface area (Å²) in [6, 6.07) is 8.01. The Balaban J connectivity index is 1.80. The lowest BCUT2D eigenvalue weighted by molar-refractivity contribution is -0.127. The van der Waals surface area contributed by atoms with Crippen LogP contribution in [0.1, 0.15) is 46.1 Å². The maximum atomic E-state index is 12.2. The number of piperidine rings is 1. The highest BCUT2D eigenvalue weighted by Crippen LogP contribution is 2.24. The van der Waals surface area contributed by atoms with E-state index in [2.05, 4.69) is 43.5 Å². The molecule has 23 heavy (non-hydrogen) atoms. The molecule has 4 heteroatoms. The fraction of sp³-hybridized carbons (Fsp3) is 0.632. The van der Waals surface area contributed by atoms with Gasteiger partial charge in [0.05, 0.1) is 0 Å². The van der Waals surface area contributed by atoms with E-state index in [0.29, 0.717) is 5.92 Å². The minimum atomic E-state index is -0.480. The molecule has 1 amide bonds. The predicted molar refractivity (Wildman–Crippen MR) is 93.8 cm³/mol. The number of rotatable bonds is 5. The fourth-order valence-electron chi connectivity index (χ4n) is 2.78. The number of carbonyl (C=O) groups excluding carboxylic acids is 1. The molecule has 128 valence electrons. The normalized spacial score (nSPS) is 19.9. The van der Waals surface area contributed by atoms with Gasteiger partial charge in [-0.05, 0) is 61.9 Å². The Hall–Kier alpha value is -1.55. The zero-order chi connectivity index (χ0) is 16.9. The van der Waals surface area contributed by atoms with Gasteiger partial charge in [-0.15, -0.1) is 0 Å². The van der Waals surface area contributed by atoms with Crippen molar-refractivity contribution < 1.29 is 9.53 Å². The summed E-state index contributed by atoms with van der Waals surface area (Å²) in [4.78, 5) is 12.2. The van der Waals surface area contributed by atoms with Crippen LogP contribution < -0.4 is 15.4 Å². The first-order chi connectivity index (χ1) is 10.9. The molecule has 0 aliphatic carbocycles. The molecule has 0 radical (unpaired) electrons. The zero-order valence-electron chi connectivity index (χ0n) is 14.8. The van der Waals surface area contributed by atoms with Crippen molar-refractivity contribution in [2.75, 3.05) is 19.6 Å². The third kappa shape index (κ3) is 5.54. The summed E-state index contributed by atoms with van der Waals surface area (Å²) in [7, 11) is 0. The lowest BCUT2D eigenvalue weighted by Crippen LogP contribution is -2.42. The Labute approximate surface area is 140 Å². The summed E-state index contributed by atoms with van der Waals surface area (Å²) in [6.45, 7) is 11.1. The molecule has 0 bridgehead atoms. The maximum absolute atomic E-state index is 12.2. The maximum Gasteiger partial charge on any atom is 0.260 e. The molecule has 4 nitrogen and oxygen atoms in total. The van der Waals surface area contributed by atoms with Crippen molar-refractivity contribution in [1.29, 1.82) is 0 Å². The van der Waals surface area contributed by atoms with Gasteiger partial charge in [0.15, 0.2) is 6.10 Å². The standard InChI is InChI=1S/C19H30N2O2/c1-14(18(22)21-13-15-6-5-11-20-12-15)23-17-9-7-16(8-10-17)19(2,3)4/h7-10,14-15,20H,5-6,11-13H2,1-4H3,(H,21,22). The van der Waals surface area contributed by atoms with Gasteiger partial charge in [0.2, 0.25) is 0 Å². The first kappa shape index (κ1) is 17.8. The number of carbonyl (C=O) groups is 1. The second kappa shape index (κ2) is 7.82. The van der Waals surface area contributed by atoms with Crippen LogP contribution in [0.4, 0.5) is 0 Å². The minimum absolute atomic E-state index is 0.0459. The summed E-state index contributed by atoms with van der Waals surface area (Å²) in [5.41, 5.74) is 1.38. The fourth-order valence-corrected chi connectivity index (χ4v) is 2.78. The van der Waals surface area contributed by atoms with E-state index in [9.17, 15) is 4.79 Å². The molecule has 1 fully saturated rings. The average molecular weight is 318 g/mol. The molecular formula is C19H30N2O2. The van der Waals surface area contributed by atoms with E-state index in [4.69, 9.17) is 4.74 Å². The van der Waals surface area contributed by atoms with Crippen LogP contribution >= 0.6 is 0 Å². The topological polar surface area (TPSA) is 50.4 Å². The van der Waals surface area contributed by atoms with Crippen molar-refractivity contribution >= 4 is 5.91 Å². The number of benzene rings is 1. The van der Waals surface area contributed by atoms with Crippen LogP contribution in [0.15, 0.2) is 24.3 Å². The monoisotopic (exact) mass is 318 g/mol. The van der Waals surface area contributed by atoms with Crippen molar-refractivity contribution in [2.45, 2.75) is 52.1 Å². The smallest absolute Gasteiger partial charge is 0.260 e. The highest BCUT2D eigenvalue weighted by molar-refractivity contribution is 5.80. The lowest BCUT2D eigenvalue weighted by Gasteiger charge is -2.24. The van der Waals surface area contributed by atoms with Gasteiger partial charge in [0.25, 0.3) is 5.91 Å². The number of amides is 1. The van der Waals surface area contributed by atoms with Crippen molar-refractivity contribution in [2.24, 2.45) is 5.92 Å². The molecule has 1 aliphatic rings. The van der Waals surface area contributed by atoms with E-state index in [-0.39, 0.29) is 11.3 Å². The van der Waals surface area contributed by atoms with Crippen LogP contribution in [0, 0.1) is 5.92 Å². The third-order valence-electron chi connectivity index (χ3n) is 4.37. The van der Waals surface area contributed by atoms with Crippen LogP contribution in [0.5, 0.6) is 5.75 Å². The highest BCUT2D eigenvalue weighted by atomic mass is 16.5. The van der Waals surface area contributed by atoms with Gasteiger partial charge in [-0.3, -0.25) is 4.79 Å². The van der Waals surface area contributed by atoms with Crippen molar-refractivity contribution in [1.82, 2.24) is 10.6 Å². The number of hydrogen-bond donors (Lipinski definition) is 2. The molecule has 0 saturated carbocycles. The Bertz CT molecular complexity index is 499. The highest BCUT2D eigenvalue weighted by Gasteiger charge is 2.19. The Morgan fingerprint density at radius 2 is 2.04 bits per heavy atom. The molecule has 1 saturated heterocycles. The first-order valence-electron chi connectivity index (χ1n) is 8.62. The second-order valence-corrected chi connectivity index (χ2v) is 7.49. The molecule has 2 rings (SSSR count). The van der Waals surface area contributed by atoms with Crippen molar-refractivity contribution in [3.05, 3.63) is 29.8 Å². The largest absolute Gasteiger partial charge is 0.481 e. The predicted octanol–water partition coefficient (Wildman–Crippen LogP) is 2.87. The first-order valence-corrected chi connectivity index (χ1v) is 8.62. The Morgan fingerprint density at radius 1 is 1.35 bits per heavy atom. The van der Waals surface area contributed by atoms with Crippen molar-refractivity contribution in [3.8, 4) is 5.75 Å². The molecule has 1 aliphatic heterocycles. The molecule has 1 aromatic rings. The van der Waals surface area contributed by atoms with Gasteiger partial charge in [-0.25, -0.2) is 0 Å². The van der Waals surface area contributed by atoms with Crippen LogP contribution in [-0.4, -0.2) is 31.6 Å². The molecule has 2 unspecified atom stereocenters. The van der Waals surface area contributed by atoms with Crippen LogP contribution in [0.2, 0.25) is 0 Å². The SMILES string of the molecule is CC(Oc1ccc(C(C)(C)C)cc1)C(=O)NCC1CCCNC1. The van der Waals surface area contributed by atoms with Gasteiger partial charge in [0.1, 0.15) is 5.75 Å². The van der Waals surface area contributed by atoms with E-state index in [1.807, 2.05) is 12.1 Å². The minimum Gasteiger partial charge on any atom is -0.481 e. The molecule has 0 aromatic heterocycles. The molecule has 2 N–H and O–H groups in total. The lowest BCUT2D eigenvalue weighted by atomic mass is 9.87. The van der Waals surface area contributed by atoms with E-state index in [1.165, 1.54) is 18.4 Å². The summed E-state index contributed by atoms with van der Waals surface area (Å²) in [6.07, 6.45) is 1.88. The zero-order valence-corrected chi connectivity index (χ0v) is 14.8. The number of ether oxygens (including phenoxy) is 1. The summed E-state index contributed by atoms with van der Waals surface area (Å²) in [5.74, 6) is 1.22. The van der Waals surface area contributed by atoms with Gasteiger partial charge >= 0.3 is 0 Å². The van der Waals surface area contributed by atoms with E-state index in [1.54, 1.807) is 6.92 Å². The summed E-state index contributed by atoms with van der Waals surface area (Å²) >= 11 is 0. The Kier molecular flexibility index (Phi) is 6.05. The Morgan fingerprint density at radius 3 is 2.61 bits per heavy atom. The average Bonchev–Trinajstić information content (AvgIpc) is 2.53. The van der Waals surface area contributed by atoms with Gasteiger partial charge < -0.3 is 15.4 Å². The quantitative estimate of drug-likeness (QED) is 0.878. The van der Waals surface area contributed by atoms with Gasteiger partial charge in [-0.1, -0.05) is 32.9 Å². The van der Waals surface area contributed by atoms with E-state index >= 15 is 0 Å². The molecule has 1 aromatic carbocycles. The summed E-state index contributed by atoms with van der Waals surface area (Å²) in [5, 5.41) is 6.37. The molecular weight excluding hydrogens is 288 g/mol. The van der Waals surface area contributed by atoms with Crippen molar-refractivity contribution in [3.63, 3.8) is 0 Å². The summed E-state index contributed by atoms with van der Waals surface area (Å²) < 4.78 is 5.76. The molecule has 2 atom stereocenters. The molecule has 1 heterocycles. The van der Waals surface area contributed by atoms with Crippen LogP contribution in [-0.2, 0) is 10.2 Å². The van der Waals surface area contributed by atoms with Gasteiger partial charge in [-0.2, -0.15) is 0 Å². The van der Waals surface area contributed by atoms with Crippen LogP contribution in [0.25, 0.3) is 0 Å². The van der Waals surface area contributed by atoms with Crippen LogP contribution in [0.3, 0.4) is 0 Å². The van der Waals surface area contributed by atoms with E-state index < -0.39 is 6.10 Å². The third-order valence-corrected chi connectivity index (χ3v) is 4.37. The van der Waals surface area contributed by atoms with E-state index in [0.717, 1.165) is 25.4 Å². The van der Waals surface area contributed by atoms with Gasteiger partial charge in [0, 0.05) is 6.54 Å².